The van der Waals surface area contributed by atoms with Gasteiger partial charge in [-0.15, -0.1) is 0 Å². The zero-order valence-electron chi connectivity index (χ0n) is 27.7. The fourth-order valence-corrected chi connectivity index (χ4v) is 10.7. The van der Waals surface area contributed by atoms with Crippen LogP contribution in [0.5, 0.6) is 0 Å². The molecule has 5 rings (SSSR count). The minimum absolute atomic E-state index is 0.0172. The van der Waals surface area contributed by atoms with E-state index in [2.05, 4.69) is 27.7 Å². The lowest BCUT2D eigenvalue weighted by molar-refractivity contribution is -0.296. The second-order valence-corrected chi connectivity index (χ2v) is 16.6. The van der Waals surface area contributed by atoms with Crippen molar-refractivity contribution in [3.8, 4) is 0 Å². The second kappa shape index (κ2) is 11.8. The molecule has 0 aromatic carbocycles. The normalized spacial score (nSPS) is 44.5. The Labute approximate surface area is 262 Å². The highest BCUT2D eigenvalue weighted by Crippen LogP contribution is 2.71. The number of ketones is 2. The molecule has 3 saturated carbocycles. The molecule has 9 nitrogen and oxygen atoms in total. The van der Waals surface area contributed by atoms with E-state index in [4.69, 9.17) is 9.47 Å². The Kier molecular flexibility index (Phi) is 9.15. The molecule has 9 heteroatoms. The lowest BCUT2D eigenvalue weighted by Gasteiger charge is -2.61. The van der Waals surface area contributed by atoms with E-state index in [1.807, 2.05) is 6.92 Å². The van der Waals surface area contributed by atoms with Crippen LogP contribution in [-0.4, -0.2) is 86.6 Å². The second-order valence-electron chi connectivity index (χ2n) is 16.6. The Morgan fingerprint density at radius 2 is 1.70 bits per heavy atom. The van der Waals surface area contributed by atoms with E-state index in [1.165, 1.54) is 11.1 Å². The first-order valence-corrected chi connectivity index (χ1v) is 16.8. The molecule has 1 heterocycles. The summed E-state index contributed by atoms with van der Waals surface area (Å²) >= 11 is 0. The molecule has 0 unspecified atom stereocenters. The van der Waals surface area contributed by atoms with Crippen LogP contribution in [0.25, 0.3) is 0 Å². The molecule has 1 saturated heterocycles. The van der Waals surface area contributed by atoms with Crippen LogP contribution in [0.1, 0.15) is 99.8 Å². The van der Waals surface area contributed by atoms with E-state index in [9.17, 15) is 35.1 Å². The van der Waals surface area contributed by atoms with Crippen molar-refractivity contribution in [1.82, 2.24) is 0 Å². The van der Waals surface area contributed by atoms with Crippen molar-refractivity contribution in [3.05, 3.63) is 11.1 Å². The van der Waals surface area contributed by atoms with Crippen LogP contribution in [0.2, 0.25) is 0 Å². The minimum atomic E-state index is -1.33. The molecule has 0 bridgehead atoms. The van der Waals surface area contributed by atoms with Gasteiger partial charge >= 0.3 is 0 Å². The average Bonchev–Trinajstić information content (AvgIpc) is 3.12. The molecule has 5 N–H and O–H groups in total. The number of rotatable bonds is 8. The average molecular weight is 621 g/mol. The van der Waals surface area contributed by atoms with Crippen molar-refractivity contribution in [1.29, 1.82) is 0 Å². The Morgan fingerprint density at radius 3 is 2.34 bits per heavy atom. The molecule has 0 aromatic rings. The smallest absolute Gasteiger partial charge is 0.186 e. The van der Waals surface area contributed by atoms with Gasteiger partial charge in [0.2, 0.25) is 0 Å². The minimum Gasteiger partial charge on any atom is -0.396 e. The molecule has 44 heavy (non-hydrogen) atoms. The number of fused-ring (bicyclic) bond motifs is 4. The first kappa shape index (κ1) is 34.1. The lowest BCUT2D eigenvalue weighted by atomic mass is 9.44. The van der Waals surface area contributed by atoms with Crippen molar-refractivity contribution in [2.24, 2.45) is 45.8 Å². The monoisotopic (exact) mass is 620 g/mol. The number of ether oxygens (including phenoxy) is 2. The third kappa shape index (κ3) is 5.56. The molecule has 12 atom stereocenters. The van der Waals surface area contributed by atoms with Crippen LogP contribution < -0.4 is 0 Å². The molecule has 250 valence electrons. The first-order valence-electron chi connectivity index (χ1n) is 16.8. The summed E-state index contributed by atoms with van der Waals surface area (Å²) in [7, 11) is 0. The van der Waals surface area contributed by atoms with Gasteiger partial charge in [0.05, 0.1) is 18.3 Å². The maximum Gasteiger partial charge on any atom is 0.186 e. The molecule has 5 aliphatic rings. The fourth-order valence-electron chi connectivity index (χ4n) is 10.7. The first-order chi connectivity index (χ1) is 20.4. The van der Waals surface area contributed by atoms with Gasteiger partial charge < -0.3 is 35.0 Å². The molecule has 4 aliphatic carbocycles. The summed E-state index contributed by atoms with van der Waals surface area (Å²) in [5.41, 5.74) is 0.701. The predicted molar refractivity (Wildman–Crippen MR) is 163 cm³/mol. The van der Waals surface area contributed by atoms with Gasteiger partial charge in [0.25, 0.3) is 0 Å². The number of carbonyl (C=O) groups is 2. The van der Waals surface area contributed by atoms with Gasteiger partial charge in [-0.2, -0.15) is 0 Å². The number of hydrogen-bond donors (Lipinski definition) is 5. The quantitative estimate of drug-likeness (QED) is 0.257. The fraction of sp³-hybridized carbons (Fsp3) is 0.886. The van der Waals surface area contributed by atoms with Crippen molar-refractivity contribution in [2.45, 2.75) is 136 Å². The van der Waals surface area contributed by atoms with E-state index < -0.39 is 30.2 Å². The maximum absolute atomic E-state index is 13.9. The lowest BCUT2D eigenvalue weighted by Crippen LogP contribution is -2.57. The van der Waals surface area contributed by atoms with Crippen molar-refractivity contribution < 1.29 is 44.6 Å². The van der Waals surface area contributed by atoms with Gasteiger partial charge in [-0.1, -0.05) is 45.8 Å². The van der Waals surface area contributed by atoms with Crippen LogP contribution in [-0.2, 0) is 19.1 Å². The Balaban J connectivity index is 1.41. The largest absolute Gasteiger partial charge is 0.396 e. The summed E-state index contributed by atoms with van der Waals surface area (Å²) in [4.78, 5) is 26.8. The molecular formula is C35H56O9. The molecule has 0 amide bonds. The molecule has 0 spiro atoms. The van der Waals surface area contributed by atoms with Crippen molar-refractivity contribution in [2.75, 3.05) is 13.2 Å². The highest BCUT2D eigenvalue weighted by Gasteiger charge is 2.67. The summed E-state index contributed by atoms with van der Waals surface area (Å²) in [6.07, 6.45) is -0.213. The summed E-state index contributed by atoms with van der Waals surface area (Å²) in [5, 5.41) is 51.6. The summed E-state index contributed by atoms with van der Waals surface area (Å²) in [5.74, 6) is 0.107. The summed E-state index contributed by atoms with van der Waals surface area (Å²) in [6.45, 7) is 14.1. The number of Topliss-reactive ketones (excluding diaryl/α,β-unsaturated/α-hetero) is 2. The molecule has 0 radical (unpaired) electrons. The van der Waals surface area contributed by atoms with E-state index in [-0.39, 0.29) is 89.6 Å². The van der Waals surface area contributed by atoms with Gasteiger partial charge in [-0.05, 0) is 80.0 Å². The van der Waals surface area contributed by atoms with Gasteiger partial charge in [0.1, 0.15) is 29.9 Å². The Hall–Kier alpha value is -1.20. The number of hydrogen-bond acceptors (Lipinski definition) is 9. The van der Waals surface area contributed by atoms with Crippen LogP contribution in [0, 0.1) is 45.8 Å². The Morgan fingerprint density at radius 1 is 1.05 bits per heavy atom. The van der Waals surface area contributed by atoms with Gasteiger partial charge in [0.15, 0.2) is 6.29 Å². The van der Waals surface area contributed by atoms with Crippen LogP contribution in [0.3, 0.4) is 0 Å². The Bertz CT molecular complexity index is 1160. The van der Waals surface area contributed by atoms with E-state index in [1.54, 1.807) is 13.8 Å². The van der Waals surface area contributed by atoms with E-state index in [0.29, 0.717) is 19.3 Å². The zero-order valence-corrected chi connectivity index (χ0v) is 27.7. The summed E-state index contributed by atoms with van der Waals surface area (Å²) in [6, 6.07) is 0. The zero-order chi connectivity index (χ0) is 32.6. The molecule has 1 aliphatic heterocycles. The van der Waals surface area contributed by atoms with Gasteiger partial charge in [-0.25, -0.2) is 0 Å². The molecular weight excluding hydrogens is 564 g/mol. The van der Waals surface area contributed by atoms with Crippen LogP contribution in [0.15, 0.2) is 11.1 Å². The highest BCUT2D eigenvalue weighted by molar-refractivity contribution is 5.87. The highest BCUT2D eigenvalue weighted by atomic mass is 16.7. The van der Waals surface area contributed by atoms with Gasteiger partial charge in [-0.3, -0.25) is 9.59 Å². The topological polar surface area (TPSA) is 154 Å². The van der Waals surface area contributed by atoms with Crippen molar-refractivity contribution >= 4 is 11.6 Å². The predicted octanol–water partition coefficient (Wildman–Crippen LogP) is 3.32. The maximum atomic E-state index is 13.9. The van der Waals surface area contributed by atoms with Crippen LogP contribution >= 0.6 is 0 Å². The number of allylic oxidation sites excluding steroid dienone is 1. The molecule has 0 aromatic heterocycles. The number of aliphatic hydroxyl groups is 5. The third-order valence-electron chi connectivity index (χ3n) is 12.8. The third-order valence-corrected chi connectivity index (χ3v) is 12.8. The van der Waals surface area contributed by atoms with Gasteiger partial charge in [0, 0.05) is 37.7 Å². The van der Waals surface area contributed by atoms with E-state index in [0.717, 1.165) is 19.3 Å². The number of aliphatic hydroxyl groups excluding tert-OH is 4. The molecule has 4 fully saturated rings. The SMILES string of the molecule is C[C@H](CC(=O)CC(C)(C)O)[C@H]1C(=O)C[C@@]2(C)[C@@H]3CC[C@@H]4C(=C3[C@@H](CO)C[C@]12C)CC[C@H](O[C@@H]1OC[C@H](O)[C@H](O)[C@H]1O)C4(C)C. The summed E-state index contributed by atoms with van der Waals surface area (Å²) < 4.78 is 11.9. The van der Waals surface area contributed by atoms with Crippen LogP contribution in [0.4, 0.5) is 0 Å². The standard InChI is InChI=1S/C35H56O9/c1-18(12-20(37)14-32(2,3)42)28-24(38)15-34(6)23-10-9-22-21(27(23)19(16-36)13-35(28,34)7)8-11-26(33(22,4)5)44-31-30(41)29(40)25(39)17-43-31/h18-19,22-23,25-26,28-31,36,39-42H,8-17H2,1-7H3/t18-,19-,22-,23-,25+,26+,28+,29+,30-,31+,34+,35-/m1/s1. The van der Waals surface area contributed by atoms with Crippen molar-refractivity contribution in [3.63, 3.8) is 0 Å². The van der Waals surface area contributed by atoms with E-state index >= 15 is 0 Å². The number of carbonyl (C=O) groups excluding carboxylic acids is 2.